The first-order valence-corrected chi connectivity index (χ1v) is 43.6. The van der Waals surface area contributed by atoms with E-state index in [-0.39, 0.29) is 93.5 Å². The molecule has 14 atom stereocenters. The molecule has 8 amide bonds. The normalized spacial score (nSPS) is 26.6. The molecule has 0 unspecified atom stereocenters. The molecule has 5 fully saturated rings. The highest BCUT2D eigenvalue weighted by Crippen LogP contribution is 2.58. The van der Waals surface area contributed by atoms with Crippen molar-refractivity contribution in [1.82, 2.24) is 31.5 Å². The molecule has 16 rings (SSSR count). The van der Waals surface area contributed by atoms with E-state index < -0.39 is 237 Å². The van der Waals surface area contributed by atoms with Gasteiger partial charge in [0.05, 0.1) is 34.6 Å². The van der Waals surface area contributed by atoms with Crippen molar-refractivity contribution in [1.29, 1.82) is 0 Å². The second-order valence-electron chi connectivity index (χ2n) is 36.9. The summed E-state index contributed by atoms with van der Waals surface area (Å²) in [6.07, 6.45) is -14.4. The average molecular weight is 1810 g/mol. The number of anilines is 1. The number of likely N-dealkylation sites (N-methyl/N-ethyl adjacent to an activating group) is 1. The number of nitrogens with one attached hydrogen (secondary N) is 6. The van der Waals surface area contributed by atoms with Gasteiger partial charge in [0.2, 0.25) is 41.6 Å². The van der Waals surface area contributed by atoms with Gasteiger partial charge in [-0.15, -0.1) is 0 Å². The molecule has 686 valence electrons. The third-order valence-electron chi connectivity index (χ3n) is 24.6. The molecule has 4 saturated carbocycles. The third-order valence-corrected chi connectivity index (χ3v) is 25.2. The van der Waals surface area contributed by atoms with Gasteiger partial charge in [-0.2, -0.15) is 0 Å². The maximum atomic E-state index is 16.8. The van der Waals surface area contributed by atoms with Gasteiger partial charge in [-0.05, 0) is 229 Å². The number of nitrogens with zero attached hydrogens (tertiary/aromatic N) is 1. The average Bonchev–Trinajstić information content (AvgIpc) is 0.777. The van der Waals surface area contributed by atoms with E-state index in [0.717, 1.165) is 85.0 Å². The first kappa shape index (κ1) is 94.6. The molecule has 15 bridgehead atoms. The van der Waals surface area contributed by atoms with E-state index in [9.17, 15) is 60.0 Å². The van der Waals surface area contributed by atoms with Crippen molar-refractivity contribution in [3.05, 3.63) is 147 Å². The van der Waals surface area contributed by atoms with Gasteiger partial charge in [0.15, 0.2) is 28.8 Å². The fourth-order valence-electron chi connectivity index (χ4n) is 18.6. The number of hydrogen-bond donors (Lipinski definition) is 14. The summed E-state index contributed by atoms with van der Waals surface area (Å²) in [6, 6.07) is 10.3. The monoisotopic (exact) mass is 1810 g/mol. The Hall–Kier alpha value is -11.0. The first-order valence-electron chi connectivity index (χ1n) is 42.9. The second kappa shape index (κ2) is 39.1. The highest BCUT2D eigenvalue weighted by molar-refractivity contribution is 6.32. The largest absolute Gasteiger partial charge is 0.508 e. The van der Waals surface area contributed by atoms with Crippen molar-refractivity contribution < 1.29 is 127 Å². The second-order valence-corrected chi connectivity index (χ2v) is 37.7. The van der Waals surface area contributed by atoms with E-state index in [4.69, 9.17) is 56.4 Å². The number of carbonyl (C=O) groups excluding carboxylic acids is 11. The Bertz CT molecular complexity index is 5240. The highest BCUT2D eigenvalue weighted by Gasteiger charge is 2.52. The highest BCUT2D eigenvalue weighted by atomic mass is 35.5. The van der Waals surface area contributed by atoms with Gasteiger partial charge in [0.1, 0.15) is 101 Å². The number of benzene rings is 6. The molecule has 128 heavy (non-hydrogen) atoms. The summed E-state index contributed by atoms with van der Waals surface area (Å²) in [4.78, 5) is 169. The van der Waals surface area contributed by atoms with Gasteiger partial charge in [-0.3, -0.25) is 53.4 Å². The molecule has 10 aliphatic rings. The van der Waals surface area contributed by atoms with E-state index in [1.165, 1.54) is 50.6 Å². The van der Waals surface area contributed by atoms with Crippen LogP contribution in [0.1, 0.15) is 196 Å². The first-order chi connectivity index (χ1) is 60.4. The Labute approximate surface area is 748 Å². The standard InChI is InChI=1S/C93H109Cl2N7O26/c1-42(2)25-61(102(9)91(121)128-93(6,7)8)87(118)100-77-64(106)34-52(37-72(109)97-90(120)96-53-16-11-43(12-17-53)23-24-122-10)85(116)98-75-51-35-70(123-67-19-14-47(79(77)111)32-59(67)94)84(126-89-83(115)82(114)81(113)69(125-89)21-22-73(110)127-92(3,4)5)71(36-51)124-68-20-15-48(33-60(68)95)80(112)78-88(119)99-76(66(108)40-55-49-27-44-26-45(29-49)30-50(55)28-44)58-38-54(103)39-63(105)74(58)57-31-46(13-18-62(57)104)56(41-65(75)107)86(117)101-78/h11-20,31-33,35-36,38-39,42,44-45,49-50,52,55-56,61,69,75-83,89,103-105,111-115H,21-30,34,37,40-41H2,1-10H3,(H,98,116)(H,99,119)(H,100,118)(H,101,117)(H2,96,97,109,120)/t44?,45?,49?,50?,52-,55?,56+,61+,69+,75+,76-,77-,78-,79+,80+,81+,82-,83+,89-/m0/s1. The lowest BCUT2D eigenvalue weighted by atomic mass is 9.51. The molecular weight excluding hydrogens is 1700 g/mol. The summed E-state index contributed by atoms with van der Waals surface area (Å²) in [5.41, 5.74) is -2.92. The van der Waals surface area contributed by atoms with Crippen molar-refractivity contribution in [2.24, 2.45) is 41.4 Å². The van der Waals surface area contributed by atoms with Gasteiger partial charge >= 0.3 is 18.1 Å². The molecule has 6 heterocycles. The number of rotatable bonds is 19. The minimum absolute atomic E-state index is 0.0702. The number of aliphatic hydroxyl groups excluding tert-OH is 5. The van der Waals surface area contributed by atoms with Gasteiger partial charge in [0.25, 0.3) is 0 Å². The Balaban J connectivity index is 0.999. The van der Waals surface area contributed by atoms with Crippen LogP contribution in [0.5, 0.6) is 46.0 Å². The zero-order chi connectivity index (χ0) is 92.6. The fraction of sp³-hybridized carbons (Fsp3) is 0.495. The van der Waals surface area contributed by atoms with Crippen LogP contribution in [0, 0.1) is 41.4 Å². The number of aliphatic hydroxyl groups is 5. The number of esters is 1. The van der Waals surface area contributed by atoms with Gasteiger partial charge in [0, 0.05) is 69.1 Å². The van der Waals surface area contributed by atoms with E-state index in [1.54, 1.807) is 79.7 Å². The summed E-state index contributed by atoms with van der Waals surface area (Å²) in [5, 5.41) is 111. The van der Waals surface area contributed by atoms with Crippen LogP contribution in [0.4, 0.5) is 15.3 Å². The molecule has 33 nitrogen and oxygen atoms in total. The van der Waals surface area contributed by atoms with Crippen LogP contribution in [0.3, 0.4) is 0 Å². The maximum Gasteiger partial charge on any atom is 0.410 e. The van der Waals surface area contributed by atoms with Crippen LogP contribution in [0.25, 0.3) is 11.1 Å². The molecule has 14 N–H and O–H groups in total. The van der Waals surface area contributed by atoms with Gasteiger partial charge < -0.3 is 101 Å². The summed E-state index contributed by atoms with van der Waals surface area (Å²) in [7, 11) is 2.81. The molecule has 6 aromatic rings. The minimum atomic E-state index is -2.30. The summed E-state index contributed by atoms with van der Waals surface area (Å²) in [6.45, 7) is 13.5. The van der Waals surface area contributed by atoms with Crippen molar-refractivity contribution in [3.63, 3.8) is 0 Å². The van der Waals surface area contributed by atoms with Crippen molar-refractivity contribution in [2.45, 2.75) is 229 Å². The number of amides is 8. The quantitative estimate of drug-likeness (QED) is 0.0335. The number of carbonyl (C=O) groups is 11. The number of imide groups is 1. The lowest BCUT2D eigenvalue weighted by molar-refractivity contribution is -0.273. The SMILES string of the molecule is COCCc1ccc(NC(=O)NC(=O)C[C@@H]2CC(=O)[C@H](NC(=O)[C@@H](CC(C)C)N(C)C(=O)OC(C)(C)C)[C@H](O)c3ccc(c(Cl)c3)Oc3cc4cc(c3O[C@@H]3O[C@H](CCC(=O)OC(C)(C)C)[C@@H](O)[C@H](O)[C@H]3O)Oc3ccc(cc3Cl)[C@@H](O)[C@@H]3NC(=O)[C@H](CC(=O)[C@@H]4NC2=O)c2ccc(O)c(c2)-c2c(O)cc(O)cc2[C@@H](C(=O)CC2C4CC5CC(C4)CC2C5)NC3=O)cc1. The van der Waals surface area contributed by atoms with E-state index in [1.807, 2.05) is 0 Å². The van der Waals surface area contributed by atoms with Crippen molar-refractivity contribution in [3.8, 4) is 57.1 Å². The Morgan fingerprint density at radius 2 is 1.25 bits per heavy atom. The van der Waals surface area contributed by atoms with Crippen LogP contribution in [0.15, 0.2) is 103 Å². The van der Waals surface area contributed by atoms with Crippen molar-refractivity contribution in [2.75, 3.05) is 26.1 Å². The number of fused-ring (bicyclic) bond motifs is 15. The molecule has 6 aliphatic heterocycles. The van der Waals surface area contributed by atoms with Crippen LogP contribution in [0.2, 0.25) is 10.0 Å². The number of urea groups is 1. The number of hydrogen-bond acceptors (Lipinski definition) is 26. The molecule has 35 heteroatoms. The van der Waals surface area contributed by atoms with E-state index >= 15 is 33.6 Å². The number of ketones is 3. The minimum Gasteiger partial charge on any atom is -0.508 e. The van der Waals surface area contributed by atoms with E-state index in [0.29, 0.717) is 24.9 Å². The fourth-order valence-corrected chi connectivity index (χ4v) is 19.0. The maximum absolute atomic E-state index is 16.8. The zero-order valence-corrected chi connectivity index (χ0v) is 73.9. The number of ether oxygens (including phenoxy) is 7. The van der Waals surface area contributed by atoms with E-state index in [2.05, 4.69) is 31.9 Å². The topological polar surface area (TPSA) is 490 Å². The number of phenolic OH excluding ortho intramolecular Hbond substituents is 3. The smallest absolute Gasteiger partial charge is 0.410 e. The predicted octanol–water partition coefficient (Wildman–Crippen LogP) is 10.6. The molecule has 0 aromatic heterocycles. The van der Waals surface area contributed by atoms with Crippen LogP contribution in [-0.2, 0) is 68.5 Å². The lowest BCUT2D eigenvalue weighted by Crippen LogP contribution is -2.59. The van der Waals surface area contributed by atoms with Crippen LogP contribution >= 0.6 is 23.2 Å². The molecule has 0 radical (unpaired) electrons. The number of halogens is 2. The van der Waals surface area contributed by atoms with Gasteiger partial charge in [-0.25, -0.2) is 9.59 Å². The molecule has 4 aliphatic carbocycles. The number of phenols is 3. The Morgan fingerprint density at radius 1 is 0.633 bits per heavy atom. The number of Topliss-reactive ketones (excluding diaryl/α,β-unsaturated/α-hetero) is 3. The zero-order valence-electron chi connectivity index (χ0n) is 72.4. The summed E-state index contributed by atoms with van der Waals surface area (Å²) in [5.74, 6) is -17.6. The van der Waals surface area contributed by atoms with Gasteiger partial charge in [-0.1, -0.05) is 67.4 Å². The molecule has 0 spiro atoms. The third kappa shape index (κ3) is 21.9. The summed E-state index contributed by atoms with van der Waals surface area (Å²) >= 11 is 14.5. The van der Waals surface area contributed by atoms with Crippen molar-refractivity contribution >= 4 is 93.9 Å². The lowest BCUT2D eigenvalue weighted by Gasteiger charge is -2.54. The van der Waals surface area contributed by atoms with Crippen LogP contribution in [-0.4, -0.2) is 192 Å². The molecule has 1 saturated heterocycles. The summed E-state index contributed by atoms with van der Waals surface area (Å²) < 4.78 is 42.7. The molecular formula is C93H109Cl2N7O26. The Morgan fingerprint density at radius 3 is 1.85 bits per heavy atom. The Kier molecular flexibility index (Phi) is 28.9. The predicted molar refractivity (Wildman–Crippen MR) is 461 cm³/mol. The number of aromatic hydroxyl groups is 3. The molecule has 6 aromatic carbocycles. The van der Waals surface area contributed by atoms with Crippen LogP contribution < -0.4 is 46.1 Å². The number of methoxy groups -OCH3 is 1.